The topological polar surface area (TPSA) is 82.2 Å². The minimum atomic E-state index is 0.0156. The van der Waals surface area contributed by atoms with Crippen LogP contribution in [-0.4, -0.2) is 23.4 Å². The molecule has 3 N–H and O–H groups in total. The van der Waals surface area contributed by atoms with Crippen LogP contribution in [0.3, 0.4) is 0 Å². The van der Waals surface area contributed by atoms with E-state index in [2.05, 4.69) is 10.3 Å². The summed E-state index contributed by atoms with van der Waals surface area (Å²) >= 11 is 5.58. The van der Waals surface area contributed by atoms with E-state index in [4.69, 9.17) is 16.7 Å². The van der Waals surface area contributed by atoms with E-state index in [-0.39, 0.29) is 11.3 Å². The van der Waals surface area contributed by atoms with Crippen molar-refractivity contribution >= 4 is 17.9 Å². The lowest BCUT2D eigenvalue weighted by atomic mass is 10.1. The Hall–Kier alpha value is -2.11. The third kappa shape index (κ3) is 5.23. The van der Waals surface area contributed by atoms with Gasteiger partial charge in [-0.05, 0) is 51.6 Å². The zero-order valence-corrected chi connectivity index (χ0v) is 14.4. The average Bonchev–Trinajstić information content (AvgIpc) is 2.47. The van der Waals surface area contributed by atoms with Gasteiger partial charge in [-0.15, -0.1) is 0 Å². The Morgan fingerprint density at radius 3 is 2.43 bits per heavy atom. The Kier molecular flexibility index (Phi) is 7.00. The smallest absolute Gasteiger partial charge is 0.252 e. The highest BCUT2D eigenvalue weighted by molar-refractivity contribution is 6.31. The average molecular weight is 337 g/mol. The SMILES string of the molecule is CNCc1c(C)cc(C)[nH]c1=O.Cc1c(O)cc(Cl)cc1C=O. The van der Waals surface area contributed by atoms with Gasteiger partial charge >= 0.3 is 0 Å². The van der Waals surface area contributed by atoms with Crippen molar-refractivity contribution in [3.05, 3.63) is 61.5 Å². The number of aromatic hydroxyl groups is 1. The summed E-state index contributed by atoms with van der Waals surface area (Å²) in [6.07, 6.45) is 0.668. The number of nitrogens with one attached hydrogen (secondary N) is 2. The van der Waals surface area contributed by atoms with Gasteiger partial charge in [0.25, 0.3) is 5.56 Å². The third-order valence-electron chi connectivity index (χ3n) is 3.36. The molecule has 23 heavy (non-hydrogen) atoms. The number of pyridine rings is 1. The number of carbonyl (C=O) groups excluding carboxylic acids is 1. The monoisotopic (exact) mass is 336 g/mol. The molecule has 0 saturated carbocycles. The molecular weight excluding hydrogens is 316 g/mol. The lowest BCUT2D eigenvalue weighted by Gasteiger charge is -2.04. The fourth-order valence-electron chi connectivity index (χ4n) is 2.09. The number of hydrogen-bond donors (Lipinski definition) is 3. The van der Waals surface area contributed by atoms with Crippen molar-refractivity contribution in [1.29, 1.82) is 0 Å². The number of halogens is 1. The first-order chi connectivity index (χ1) is 10.8. The Morgan fingerprint density at radius 2 is 1.91 bits per heavy atom. The highest BCUT2D eigenvalue weighted by Crippen LogP contribution is 2.24. The molecule has 0 amide bonds. The van der Waals surface area contributed by atoms with Gasteiger partial charge in [0.05, 0.1) is 0 Å². The molecule has 0 atom stereocenters. The number of carbonyl (C=O) groups is 1. The second-order valence-electron chi connectivity index (χ2n) is 5.23. The van der Waals surface area contributed by atoms with Crippen LogP contribution < -0.4 is 10.9 Å². The molecule has 6 heteroatoms. The fourth-order valence-corrected chi connectivity index (χ4v) is 2.31. The minimum absolute atomic E-state index is 0.0156. The summed E-state index contributed by atoms with van der Waals surface area (Å²) in [5, 5.41) is 12.5. The van der Waals surface area contributed by atoms with Crippen LogP contribution in [0.2, 0.25) is 5.02 Å². The molecule has 0 aliphatic carbocycles. The summed E-state index contributed by atoms with van der Waals surface area (Å²) < 4.78 is 0. The Balaban J connectivity index is 0.000000231. The molecule has 2 rings (SSSR count). The number of hydrogen-bond acceptors (Lipinski definition) is 4. The van der Waals surface area contributed by atoms with Crippen LogP contribution in [0.4, 0.5) is 0 Å². The Labute approximate surface area is 140 Å². The van der Waals surface area contributed by atoms with Gasteiger partial charge in [0.1, 0.15) is 5.75 Å². The van der Waals surface area contributed by atoms with Crippen molar-refractivity contribution in [2.75, 3.05) is 7.05 Å². The fraction of sp³-hybridized carbons (Fsp3) is 0.294. The number of aryl methyl sites for hydroxylation is 2. The zero-order chi connectivity index (χ0) is 17.6. The van der Waals surface area contributed by atoms with E-state index in [1.165, 1.54) is 12.1 Å². The number of aromatic nitrogens is 1. The number of phenols is 1. The molecule has 0 radical (unpaired) electrons. The molecule has 0 aliphatic rings. The van der Waals surface area contributed by atoms with E-state index >= 15 is 0 Å². The van der Waals surface area contributed by atoms with Gasteiger partial charge < -0.3 is 15.4 Å². The molecule has 0 fully saturated rings. The van der Waals surface area contributed by atoms with Crippen molar-refractivity contribution in [2.45, 2.75) is 27.3 Å². The van der Waals surface area contributed by atoms with E-state index < -0.39 is 0 Å². The van der Waals surface area contributed by atoms with Gasteiger partial charge in [-0.2, -0.15) is 0 Å². The van der Waals surface area contributed by atoms with Gasteiger partial charge in [0.2, 0.25) is 0 Å². The molecule has 1 aromatic heterocycles. The summed E-state index contributed by atoms with van der Waals surface area (Å²) in [5.74, 6) is 0.0552. The first kappa shape index (κ1) is 18.9. The molecule has 1 aromatic carbocycles. The van der Waals surface area contributed by atoms with Crippen molar-refractivity contribution in [2.24, 2.45) is 0 Å². The lowest BCUT2D eigenvalue weighted by molar-refractivity contribution is 0.112. The van der Waals surface area contributed by atoms with E-state index in [1.807, 2.05) is 27.0 Å². The standard InChI is InChI=1S/C9H14N2O.C8H7ClO2/c1-6-4-7(2)11-9(12)8(6)5-10-3;1-5-6(4-10)2-7(9)3-8(5)11/h4,10H,5H2,1-3H3,(H,11,12);2-4,11H,1H3. The number of aromatic amines is 1. The van der Waals surface area contributed by atoms with Crippen LogP contribution in [0.15, 0.2) is 23.0 Å². The van der Waals surface area contributed by atoms with Crippen molar-refractivity contribution in [3.63, 3.8) is 0 Å². The minimum Gasteiger partial charge on any atom is -0.508 e. The molecule has 0 spiro atoms. The number of aldehydes is 1. The molecule has 1 heterocycles. The summed E-state index contributed by atoms with van der Waals surface area (Å²) in [4.78, 5) is 24.5. The van der Waals surface area contributed by atoms with E-state index in [1.54, 1.807) is 6.92 Å². The lowest BCUT2D eigenvalue weighted by Crippen LogP contribution is -2.20. The van der Waals surface area contributed by atoms with Crippen molar-refractivity contribution < 1.29 is 9.90 Å². The van der Waals surface area contributed by atoms with Gasteiger partial charge in [0, 0.05) is 34.0 Å². The van der Waals surface area contributed by atoms with E-state index in [0.717, 1.165) is 16.8 Å². The third-order valence-corrected chi connectivity index (χ3v) is 3.58. The first-order valence-corrected chi connectivity index (χ1v) is 7.46. The molecule has 5 nitrogen and oxygen atoms in total. The van der Waals surface area contributed by atoms with Crippen LogP contribution in [0.25, 0.3) is 0 Å². The van der Waals surface area contributed by atoms with Gasteiger partial charge in [-0.25, -0.2) is 0 Å². The van der Waals surface area contributed by atoms with Crippen molar-refractivity contribution in [3.8, 4) is 5.75 Å². The maximum Gasteiger partial charge on any atom is 0.252 e. The quantitative estimate of drug-likeness (QED) is 0.753. The van der Waals surface area contributed by atoms with Crippen LogP contribution in [-0.2, 0) is 6.54 Å². The van der Waals surface area contributed by atoms with E-state index in [0.29, 0.717) is 29.0 Å². The maximum absolute atomic E-state index is 11.4. The van der Waals surface area contributed by atoms with Crippen LogP contribution in [0, 0.1) is 20.8 Å². The maximum atomic E-state index is 11.4. The summed E-state index contributed by atoms with van der Waals surface area (Å²) in [5.41, 5.74) is 3.78. The number of benzene rings is 1. The second-order valence-corrected chi connectivity index (χ2v) is 5.67. The normalized spacial score (nSPS) is 9.96. The number of rotatable bonds is 3. The van der Waals surface area contributed by atoms with Crippen LogP contribution in [0.5, 0.6) is 5.75 Å². The Bertz CT molecular complexity index is 754. The summed E-state index contributed by atoms with van der Waals surface area (Å²) in [6, 6.07) is 4.90. The van der Waals surface area contributed by atoms with Gasteiger partial charge in [-0.1, -0.05) is 11.6 Å². The second kappa shape index (κ2) is 8.50. The van der Waals surface area contributed by atoms with Gasteiger partial charge in [-0.3, -0.25) is 9.59 Å². The molecule has 2 aromatic rings. The molecular formula is C17H21ClN2O3. The predicted molar refractivity (Wildman–Crippen MR) is 92.5 cm³/mol. The first-order valence-electron chi connectivity index (χ1n) is 7.08. The molecule has 0 unspecified atom stereocenters. The van der Waals surface area contributed by atoms with Gasteiger partial charge in [0.15, 0.2) is 6.29 Å². The highest BCUT2D eigenvalue weighted by Gasteiger charge is 2.03. The zero-order valence-electron chi connectivity index (χ0n) is 13.7. The predicted octanol–water partition coefficient (Wildman–Crippen LogP) is 2.88. The molecule has 0 saturated heterocycles. The number of phenolic OH excluding ortho intramolecular Hbond substituents is 1. The number of H-pyrrole nitrogens is 1. The summed E-state index contributed by atoms with van der Waals surface area (Å²) in [7, 11) is 1.83. The van der Waals surface area contributed by atoms with Crippen molar-refractivity contribution in [1.82, 2.24) is 10.3 Å². The van der Waals surface area contributed by atoms with Crippen LogP contribution in [0.1, 0.15) is 32.7 Å². The van der Waals surface area contributed by atoms with Crippen LogP contribution >= 0.6 is 11.6 Å². The summed E-state index contributed by atoms with van der Waals surface area (Å²) in [6.45, 7) is 6.13. The molecule has 0 aliphatic heterocycles. The Morgan fingerprint density at radius 1 is 1.26 bits per heavy atom. The highest BCUT2D eigenvalue weighted by atomic mass is 35.5. The molecule has 0 bridgehead atoms. The van der Waals surface area contributed by atoms with E-state index in [9.17, 15) is 9.59 Å². The molecule has 124 valence electrons. The largest absolute Gasteiger partial charge is 0.508 e.